The smallest absolute Gasteiger partial charge is 0.328 e. The molecule has 0 saturated heterocycles. The van der Waals surface area contributed by atoms with Gasteiger partial charge >= 0.3 is 12.0 Å². The lowest BCUT2D eigenvalue weighted by Crippen LogP contribution is -2.45. The number of hydrogen-bond donors (Lipinski definition) is 4. The van der Waals surface area contributed by atoms with Crippen LogP contribution in [0.1, 0.15) is 0 Å². The van der Waals surface area contributed by atoms with E-state index < -0.39 is 24.6 Å². The van der Waals surface area contributed by atoms with E-state index >= 15 is 0 Å². The molecule has 0 heterocycles. The van der Waals surface area contributed by atoms with Crippen molar-refractivity contribution >= 4 is 40.9 Å². The zero-order valence-corrected chi connectivity index (χ0v) is 10.5. The number of urea groups is 1. The maximum atomic E-state index is 11.4. The van der Waals surface area contributed by atoms with Crippen molar-refractivity contribution in [1.82, 2.24) is 5.32 Å². The molecule has 0 unspecified atom stereocenters. The van der Waals surface area contributed by atoms with Gasteiger partial charge in [0.2, 0.25) is 0 Å². The van der Waals surface area contributed by atoms with E-state index in [2.05, 4.69) is 10.6 Å². The number of benzene rings is 1. The number of carboxylic acids is 1. The molecular weight excluding hydrogens is 283 g/mol. The monoisotopic (exact) mass is 292 g/mol. The molecule has 0 aromatic heterocycles. The van der Waals surface area contributed by atoms with Gasteiger partial charge in [0.05, 0.1) is 6.61 Å². The van der Waals surface area contributed by atoms with Gasteiger partial charge in [-0.05, 0) is 18.2 Å². The van der Waals surface area contributed by atoms with E-state index in [0.717, 1.165) is 0 Å². The topological polar surface area (TPSA) is 98.7 Å². The lowest BCUT2D eigenvalue weighted by Gasteiger charge is -2.12. The molecule has 0 aliphatic carbocycles. The minimum absolute atomic E-state index is 0.312. The fourth-order valence-corrected chi connectivity index (χ4v) is 1.66. The van der Waals surface area contributed by atoms with Gasteiger partial charge in [-0.1, -0.05) is 23.2 Å². The van der Waals surface area contributed by atoms with Gasteiger partial charge in [0.25, 0.3) is 0 Å². The molecular formula is C10H10Cl2N2O4. The Morgan fingerprint density at radius 3 is 2.22 bits per heavy atom. The molecule has 4 N–H and O–H groups in total. The molecule has 98 valence electrons. The minimum atomic E-state index is -1.38. The van der Waals surface area contributed by atoms with Gasteiger partial charge in [0.15, 0.2) is 6.04 Å². The summed E-state index contributed by atoms with van der Waals surface area (Å²) in [6.07, 6.45) is 0. The van der Waals surface area contributed by atoms with Crippen LogP contribution in [0.4, 0.5) is 10.5 Å². The van der Waals surface area contributed by atoms with E-state index in [4.69, 9.17) is 33.4 Å². The number of carbonyl (C=O) groups excluding carboxylic acids is 1. The molecule has 0 radical (unpaired) electrons. The number of rotatable bonds is 4. The van der Waals surface area contributed by atoms with Crippen LogP contribution in [0.5, 0.6) is 0 Å². The second-order valence-corrected chi connectivity index (χ2v) is 4.20. The van der Waals surface area contributed by atoms with Gasteiger partial charge < -0.3 is 20.8 Å². The number of carboxylic acid groups (broad SMARTS) is 1. The Labute approximate surface area is 113 Å². The van der Waals surface area contributed by atoms with Crippen molar-refractivity contribution in [3.8, 4) is 0 Å². The summed E-state index contributed by atoms with van der Waals surface area (Å²) in [6.45, 7) is -0.709. The molecule has 0 fully saturated rings. The lowest BCUT2D eigenvalue weighted by atomic mass is 10.3. The van der Waals surface area contributed by atoms with Gasteiger partial charge in [-0.3, -0.25) is 0 Å². The number of nitrogens with one attached hydrogen (secondary N) is 2. The second-order valence-electron chi connectivity index (χ2n) is 3.33. The maximum absolute atomic E-state index is 11.4. The van der Waals surface area contributed by atoms with Gasteiger partial charge in [-0.15, -0.1) is 0 Å². The van der Waals surface area contributed by atoms with Crippen molar-refractivity contribution in [2.75, 3.05) is 11.9 Å². The summed E-state index contributed by atoms with van der Waals surface area (Å²) in [5.74, 6) is -1.34. The summed E-state index contributed by atoms with van der Waals surface area (Å²) in [4.78, 5) is 22.0. The number of aliphatic hydroxyl groups excluding tert-OH is 1. The number of aliphatic carboxylic acids is 1. The Hall–Kier alpha value is -1.50. The largest absolute Gasteiger partial charge is 0.480 e. The number of halogens is 2. The van der Waals surface area contributed by atoms with E-state index in [-0.39, 0.29) is 0 Å². The molecule has 0 spiro atoms. The van der Waals surface area contributed by atoms with Crippen LogP contribution >= 0.6 is 23.2 Å². The molecule has 1 rings (SSSR count). The highest BCUT2D eigenvalue weighted by Crippen LogP contribution is 2.22. The van der Waals surface area contributed by atoms with Gasteiger partial charge in [-0.2, -0.15) is 0 Å². The van der Waals surface area contributed by atoms with Crippen molar-refractivity contribution < 1.29 is 19.8 Å². The Bertz CT molecular complexity index is 447. The third-order valence-corrected chi connectivity index (χ3v) is 2.34. The molecule has 18 heavy (non-hydrogen) atoms. The third-order valence-electron chi connectivity index (χ3n) is 1.91. The highest BCUT2D eigenvalue weighted by molar-refractivity contribution is 6.35. The zero-order chi connectivity index (χ0) is 13.7. The molecule has 0 aliphatic heterocycles. The van der Waals surface area contributed by atoms with Crippen LogP contribution in [0.25, 0.3) is 0 Å². The fraction of sp³-hybridized carbons (Fsp3) is 0.200. The van der Waals surface area contributed by atoms with Crippen LogP contribution in [0.3, 0.4) is 0 Å². The van der Waals surface area contributed by atoms with Crippen molar-refractivity contribution in [1.29, 1.82) is 0 Å². The van der Waals surface area contributed by atoms with Crippen LogP contribution in [0, 0.1) is 0 Å². The van der Waals surface area contributed by atoms with E-state index in [1.807, 2.05) is 0 Å². The molecule has 1 atom stereocenters. The predicted molar refractivity (Wildman–Crippen MR) is 67.1 cm³/mol. The Balaban J connectivity index is 2.67. The Morgan fingerprint density at radius 1 is 1.22 bits per heavy atom. The molecule has 8 heteroatoms. The fourth-order valence-electron chi connectivity index (χ4n) is 1.14. The summed E-state index contributed by atoms with van der Waals surface area (Å²) in [5, 5.41) is 22.4. The van der Waals surface area contributed by atoms with Crippen LogP contribution in [0.15, 0.2) is 18.2 Å². The molecule has 1 aromatic carbocycles. The average Bonchev–Trinajstić information content (AvgIpc) is 2.23. The SMILES string of the molecule is O=C(Nc1cc(Cl)cc(Cl)c1)N[C@@H](CO)C(=O)O. The molecule has 2 amide bonds. The van der Waals surface area contributed by atoms with Crippen molar-refractivity contribution in [3.05, 3.63) is 28.2 Å². The average molecular weight is 293 g/mol. The zero-order valence-electron chi connectivity index (χ0n) is 8.98. The molecule has 6 nitrogen and oxygen atoms in total. The summed E-state index contributed by atoms with van der Waals surface area (Å²) in [5.41, 5.74) is 0.312. The summed E-state index contributed by atoms with van der Waals surface area (Å²) in [6, 6.07) is 2.22. The van der Waals surface area contributed by atoms with Gasteiger partial charge in [0.1, 0.15) is 0 Å². The highest BCUT2D eigenvalue weighted by Gasteiger charge is 2.18. The van der Waals surface area contributed by atoms with Crippen LogP contribution in [0.2, 0.25) is 10.0 Å². The Kier molecular flexibility index (Phi) is 5.21. The first-order valence-corrected chi connectivity index (χ1v) is 5.55. The summed E-state index contributed by atoms with van der Waals surface area (Å²) in [7, 11) is 0. The van der Waals surface area contributed by atoms with Crippen molar-refractivity contribution in [2.45, 2.75) is 6.04 Å². The third kappa shape index (κ3) is 4.40. The first kappa shape index (κ1) is 14.6. The number of carbonyl (C=O) groups is 2. The van der Waals surface area contributed by atoms with Gasteiger partial charge in [-0.25, -0.2) is 9.59 Å². The van der Waals surface area contributed by atoms with E-state index in [9.17, 15) is 9.59 Å². The number of aliphatic hydroxyl groups is 1. The van der Waals surface area contributed by atoms with E-state index in [1.165, 1.54) is 18.2 Å². The normalized spacial score (nSPS) is 11.7. The van der Waals surface area contributed by atoms with Gasteiger partial charge in [0, 0.05) is 15.7 Å². The van der Waals surface area contributed by atoms with Crippen LogP contribution in [-0.2, 0) is 4.79 Å². The quantitative estimate of drug-likeness (QED) is 0.677. The minimum Gasteiger partial charge on any atom is -0.480 e. The maximum Gasteiger partial charge on any atom is 0.328 e. The van der Waals surface area contributed by atoms with E-state index in [1.54, 1.807) is 0 Å². The van der Waals surface area contributed by atoms with Crippen molar-refractivity contribution in [2.24, 2.45) is 0 Å². The number of anilines is 1. The van der Waals surface area contributed by atoms with Crippen LogP contribution < -0.4 is 10.6 Å². The first-order valence-electron chi connectivity index (χ1n) is 4.79. The summed E-state index contributed by atoms with van der Waals surface area (Å²) >= 11 is 11.5. The second kappa shape index (κ2) is 6.44. The van der Waals surface area contributed by atoms with Crippen molar-refractivity contribution in [3.63, 3.8) is 0 Å². The summed E-state index contributed by atoms with van der Waals surface area (Å²) < 4.78 is 0. The predicted octanol–water partition coefficient (Wildman–Crippen LogP) is 1.56. The van der Waals surface area contributed by atoms with Crippen LogP contribution in [-0.4, -0.2) is 34.9 Å². The molecule has 0 aliphatic rings. The molecule has 0 saturated carbocycles. The lowest BCUT2D eigenvalue weighted by molar-refractivity contribution is -0.140. The standard InChI is InChI=1S/C10H10Cl2N2O4/c11-5-1-6(12)3-7(2-5)13-10(18)14-8(4-15)9(16)17/h1-3,8,15H,4H2,(H,16,17)(H2,13,14,18)/t8-/m0/s1. The number of amides is 2. The molecule has 1 aromatic rings. The number of hydrogen-bond acceptors (Lipinski definition) is 3. The highest BCUT2D eigenvalue weighted by atomic mass is 35.5. The Morgan fingerprint density at radius 2 is 1.78 bits per heavy atom. The first-order chi connectivity index (χ1) is 8.42. The molecule has 0 bridgehead atoms. The van der Waals surface area contributed by atoms with E-state index in [0.29, 0.717) is 15.7 Å².